The zero-order valence-corrected chi connectivity index (χ0v) is 20.0. The lowest BCUT2D eigenvalue weighted by atomic mass is 10.00. The Morgan fingerprint density at radius 2 is 1.82 bits per heavy atom. The summed E-state index contributed by atoms with van der Waals surface area (Å²) in [7, 11) is 0. The van der Waals surface area contributed by atoms with E-state index < -0.39 is 0 Å². The summed E-state index contributed by atoms with van der Waals surface area (Å²) >= 11 is 1.68. The van der Waals surface area contributed by atoms with Crippen molar-refractivity contribution in [2.45, 2.75) is 32.9 Å². The molecule has 1 saturated heterocycles. The molecule has 0 radical (unpaired) electrons. The largest absolute Gasteiger partial charge is 0.463 e. The lowest BCUT2D eigenvalue weighted by molar-refractivity contribution is -0.139. The van der Waals surface area contributed by atoms with Gasteiger partial charge >= 0.3 is 12.0 Å². The average molecular weight is 470 g/mol. The number of benzene rings is 1. The third-order valence-corrected chi connectivity index (χ3v) is 6.89. The standard InChI is InChI=1S/C24H31N5O3S/c1-3-19-21(23(30)32-4-2)20(27-24(31)26-19)15-29-12-10-28(11-13-29)14-18-16-33-22(25-18)17-8-6-5-7-9-17/h5-9,16,19H,3-4,10-15H2,1-2H3,(H2,26,27,31)/t19-/m0/s1. The van der Waals surface area contributed by atoms with Gasteiger partial charge in [0, 0.05) is 55.9 Å². The molecule has 0 bridgehead atoms. The Morgan fingerprint density at radius 1 is 1.12 bits per heavy atom. The number of piperazine rings is 1. The Kier molecular flexibility index (Phi) is 7.74. The van der Waals surface area contributed by atoms with Gasteiger partial charge in [-0.1, -0.05) is 37.3 Å². The van der Waals surface area contributed by atoms with Gasteiger partial charge in [-0.3, -0.25) is 9.80 Å². The highest BCUT2D eigenvalue weighted by molar-refractivity contribution is 7.13. The summed E-state index contributed by atoms with van der Waals surface area (Å²) in [6, 6.07) is 9.67. The quantitative estimate of drug-likeness (QED) is 0.578. The minimum Gasteiger partial charge on any atom is -0.463 e. The number of aromatic nitrogens is 1. The highest BCUT2D eigenvalue weighted by Crippen LogP contribution is 2.24. The lowest BCUT2D eigenvalue weighted by Gasteiger charge is -2.36. The number of urea groups is 1. The topological polar surface area (TPSA) is 86.8 Å². The maximum absolute atomic E-state index is 12.6. The first kappa shape index (κ1) is 23.4. The molecule has 1 aromatic carbocycles. The molecular weight excluding hydrogens is 438 g/mol. The molecule has 2 aromatic rings. The third-order valence-electron chi connectivity index (χ3n) is 5.95. The Balaban J connectivity index is 1.36. The molecule has 0 aliphatic carbocycles. The van der Waals surface area contributed by atoms with Crippen LogP contribution in [0.5, 0.6) is 0 Å². The number of esters is 1. The molecule has 1 aromatic heterocycles. The van der Waals surface area contributed by atoms with Gasteiger partial charge in [-0.25, -0.2) is 14.6 Å². The van der Waals surface area contributed by atoms with E-state index in [9.17, 15) is 9.59 Å². The highest BCUT2D eigenvalue weighted by atomic mass is 32.1. The molecule has 3 heterocycles. The predicted octanol–water partition coefficient (Wildman–Crippen LogP) is 2.84. The van der Waals surface area contributed by atoms with Gasteiger partial charge in [-0.15, -0.1) is 11.3 Å². The van der Waals surface area contributed by atoms with E-state index in [1.807, 2.05) is 25.1 Å². The van der Waals surface area contributed by atoms with E-state index in [1.54, 1.807) is 18.3 Å². The SMILES string of the molecule is CCOC(=O)C1=C(CN2CCN(Cc3csc(-c4ccccc4)n3)CC2)NC(=O)N[C@H]1CC. The van der Waals surface area contributed by atoms with Crippen molar-refractivity contribution in [2.24, 2.45) is 0 Å². The van der Waals surface area contributed by atoms with Crippen molar-refractivity contribution in [1.29, 1.82) is 0 Å². The Hall–Kier alpha value is -2.75. The molecule has 33 heavy (non-hydrogen) atoms. The molecule has 176 valence electrons. The lowest BCUT2D eigenvalue weighted by Crippen LogP contribution is -2.53. The number of hydrogen-bond acceptors (Lipinski definition) is 7. The number of thiazole rings is 1. The maximum atomic E-state index is 12.6. The number of nitrogens with one attached hydrogen (secondary N) is 2. The maximum Gasteiger partial charge on any atom is 0.337 e. The molecule has 2 N–H and O–H groups in total. The summed E-state index contributed by atoms with van der Waals surface area (Å²) in [5, 5.41) is 8.87. The van der Waals surface area contributed by atoms with Crippen molar-refractivity contribution in [3.05, 3.63) is 52.7 Å². The Labute approximate surface area is 198 Å². The van der Waals surface area contributed by atoms with E-state index in [0.29, 0.717) is 30.8 Å². The fourth-order valence-corrected chi connectivity index (χ4v) is 5.05. The van der Waals surface area contributed by atoms with Crippen molar-refractivity contribution in [3.63, 3.8) is 0 Å². The van der Waals surface area contributed by atoms with Crippen molar-refractivity contribution in [2.75, 3.05) is 39.3 Å². The van der Waals surface area contributed by atoms with Gasteiger partial charge in [0.1, 0.15) is 5.01 Å². The smallest absolute Gasteiger partial charge is 0.337 e. The molecule has 9 heteroatoms. The van der Waals surface area contributed by atoms with Crippen LogP contribution < -0.4 is 10.6 Å². The zero-order valence-electron chi connectivity index (χ0n) is 19.2. The molecule has 2 aliphatic heterocycles. The molecule has 1 fully saturated rings. The van der Waals surface area contributed by atoms with E-state index in [2.05, 4.69) is 37.9 Å². The van der Waals surface area contributed by atoms with Crippen LogP contribution in [0.4, 0.5) is 4.79 Å². The van der Waals surface area contributed by atoms with E-state index in [1.165, 1.54) is 0 Å². The fourth-order valence-electron chi connectivity index (χ4n) is 4.24. The van der Waals surface area contributed by atoms with Gasteiger partial charge in [-0.05, 0) is 13.3 Å². The Morgan fingerprint density at radius 3 is 2.48 bits per heavy atom. The minimum atomic E-state index is -0.358. The summed E-state index contributed by atoms with van der Waals surface area (Å²) in [4.78, 5) is 34.2. The number of carbonyl (C=O) groups is 2. The first-order valence-corrected chi connectivity index (χ1v) is 12.4. The summed E-state index contributed by atoms with van der Waals surface area (Å²) < 4.78 is 5.26. The molecule has 0 spiro atoms. The van der Waals surface area contributed by atoms with Crippen LogP contribution in [0.15, 0.2) is 47.0 Å². The van der Waals surface area contributed by atoms with Gasteiger partial charge < -0.3 is 15.4 Å². The van der Waals surface area contributed by atoms with Gasteiger partial charge in [0.05, 0.1) is 23.9 Å². The highest BCUT2D eigenvalue weighted by Gasteiger charge is 2.32. The van der Waals surface area contributed by atoms with Gasteiger partial charge in [0.2, 0.25) is 0 Å². The number of carbonyl (C=O) groups excluding carboxylic acids is 2. The van der Waals surface area contributed by atoms with Crippen LogP contribution in [0.3, 0.4) is 0 Å². The molecule has 8 nitrogen and oxygen atoms in total. The van der Waals surface area contributed by atoms with Gasteiger partial charge in [-0.2, -0.15) is 0 Å². The molecule has 2 amide bonds. The normalized spacial score (nSPS) is 19.8. The molecule has 4 rings (SSSR count). The second kappa shape index (κ2) is 10.9. The van der Waals surface area contributed by atoms with E-state index in [-0.39, 0.29) is 18.0 Å². The van der Waals surface area contributed by atoms with Crippen LogP contribution >= 0.6 is 11.3 Å². The number of ether oxygens (including phenoxy) is 1. The van der Waals surface area contributed by atoms with Crippen LogP contribution in [0.2, 0.25) is 0 Å². The van der Waals surface area contributed by atoms with Crippen molar-refractivity contribution < 1.29 is 14.3 Å². The van der Waals surface area contributed by atoms with E-state index in [0.717, 1.165) is 49.0 Å². The van der Waals surface area contributed by atoms with Crippen LogP contribution in [-0.4, -0.2) is 72.2 Å². The van der Waals surface area contributed by atoms with Crippen LogP contribution in [0.25, 0.3) is 10.6 Å². The number of amides is 2. The molecule has 0 saturated carbocycles. The number of rotatable bonds is 8. The van der Waals surface area contributed by atoms with Gasteiger partial charge in [0.15, 0.2) is 0 Å². The first-order valence-electron chi connectivity index (χ1n) is 11.5. The number of hydrogen-bond donors (Lipinski definition) is 2. The summed E-state index contributed by atoms with van der Waals surface area (Å²) in [5.41, 5.74) is 3.44. The summed E-state index contributed by atoms with van der Waals surface area (Å²) in [5.74, 6) is -0.358. The van der Waals surface area contributed by atoms with Crippen molar-refractivity contribution in [3.8, 4) is 10.6 Å². The average Bonchev–Trinajstić information content (AvgIpc) is 3.29. The molecular formula is C24H31N5O3S. The van der Waals surface area contributed by atoms with Gasteiger partial charge in [0.25, 0.3) is 0 Å². The predicted molar refractivity (Wildman–Crippen MR) is 129 cm³/mol. The first-order chi connectivity index (χ1) is 16.1. The monoisotopic (exact) mass is 469 g/mol. The van der Waals surface area contributed by atoms with Crippen molar-refractivity contribution >= 4 is 23.3 Å². The molecule has 2 aliphatic rings. The minimum absolute atomic E-state index is 0.263. The van der Waals surface area contributed by atoms with Crippen LogP contribution in [-0.2, 0) is 16.1 Å². The van der Waals surface area contributed by atoms with E-state index in [4.69, 9.17) is 9.72 Å². The van der Waals surface area contributed by atoms with Crippen LogP contribution in [0.1, 0.15) is 26.0 Å². The second-order valence-electron chi connectivity index (χ2n) is 8.23. The molecule has 0 unspecified atom stereocenters. The third kappa shape index (κ3) is 5.79. The van der Waals surface area contributed by atoms with E-state index >= 15 is 0 Å². The second-order valence-corrected chi connectivity index (χ2v) is 9.09. The van der Waals surface area contributed by atoms with Crippen LogP contribution in [0, 0.1) is 0 Å². The Bertz CT molecular complexity index is 999. The summed E-state index contributed by atoms with van der Waals surface area (Å²) in [6.45, 7) is 8.93. The zero-order chi connectivity index (χ0) is 23.2. The number of nitrogens with zero attached hydrogens (tertiary/aromatic N) is 3. The van der Waals surface area contributed by atoms with Crippen molar-refractivity contribution in [1.82, 2.24) is 25.4 Å². The summed E-state index contributed by atoms with van der Waals surface area (Å²) in [6.07, 6.45) is 0.636. The molecule has 1 atom stereocenters. The fraction of sp³-hybridized carbons (Fsp3) is 0.458.